The Kier molecular flexibility index (Phi) is 3.77. The van der Waals surface area contributed by atoms with Crippen molar-refractivity contribution in [1.29, 1.82) is 0 Å². The molecule has 1 aromatic heterocycles. The zero-order valence-electron chi connectivity index (χ0n) is 8.83. The number of H-pyrrole nitrogens is 1. The van der Waals surface area contributed by atoms with Crippen LogP contribution in [-0.2, 0) is 10.3 Å². The Morgan fingerprint density at radius 3 is 2.57 bits per heavy atom. The third-order valence-corrected chi connectivity index (χ3v) is 2.87. The first-order chi connectivity index (χ1) is 6.68. The number of aromatic nitrogens is 2. The van der Waals surface area contributed by atoms with Gasteiger partial charge in [0.05, 0.1) is 0 Å². The second-order valence-electron chi connectivity index (χ2n) is 3.19. The Morgan fingerprint density at radius 2 is 2.14 bits per heavy atom. The Hall–Kier alpha value is -0.740. The van der Waals surface area contributed by atoms with Crippen LogP contribution in [0.25, 0.3) is 0 Å². The van der Waals surface area contributed by atoms with Crippen LogP contribution < -0.4 is 0 Å². The van der Waals surface area contributed by atoms with E-state index in [0.29, 0.717) is 4.64 Å². The van der Waals surface area contributed by atoms with E-state index in [9.17, 15) is 0 Å². The van der Waals surface area contributed by atoms with Crippen molar-refractivity contribution in [2.24, 2.45) is 0 Å². The number of ether oxygens (including phenoxy) is 1. The van der Waals surface area contributed by atoms with Gasteiger partial charge in [-0.25, -0.2) is 4.98 Å². The average molecular weight is 212 g/mol. The van der Waals surface area contributed by atoms with Crippen LogP contribution in [0.1, 0.15) is 32.5 Å². The summed E-state index contributed by atoms with van der Waals surface area (Å²) in [6.45, 7) is 4.16. The molecule has 4 heteroatoms. The molecule has 1 rings (SSSR count). The van der Waals surface area contributed by atoms with Gasteiger partial charge in [0, 0.05) is 13.3 Å². The maximum atomic E-state index is 5.54. The van der Waals surface area contributed by atoms with E-state index in [1.165, 1.54) is 0 Å². The molecule has 0 fully saturated rings. The molecule has 0 atom stereocenters. The minimum atomic E-state index is -0.325. The Labute approximate surface area is 89.5 Å². The number of nitrogens with one attached hydrogen (secondary N) is 1. The number of methoxy groups -OCH3 is 1. The molecular weight excluding hydrogens is 196 g/mol. The lowest BCUT2D eigenvalue weighted by Crippen LogP contribution is -2.29. The van der Waals surface area contributed by atoms with Crippen LogP contribution in [0.3, 0.4) is 0 Å². The van der Waals surface area contributed by atoms with Crippen molar-refractivity contribution in [2.75, 3.05) is 7.11 Å². The number of nitrogens with zero attached hydrogens (tertiary/aromatic N) is 1. The highest BCUT2D eigenvalue weighted by Gasteiger charge is 2.30. The third-order valence-electron chi connectivity index (χ3n) is 2.64. The Balaban J connectivity index is 3.17. The smallest absolute Gasteiger partial charge is 0.139 e. The normalized spacial score (nSPS) is 11.6. The maximum Gasteiger partial charge on any atom is 0.139 e. The fourth-order valence-electron chi connectivity index (χ4n) is 1.57. The topological polar surface area (TPSA) is 37.9 Å². The minimum absolute atomic E-state index is 0.325. The molecule has 0 saturated carbocycles. The number of hydrogen-bond acceptors (Lipinski definition) is 3. The lowest BCUT2D eigenvalue weighted by molar-refractivity contribution is -0.0292. The average Bonchev–Trinajstić information content (AvgIpc) is 2.22. The highest BCUT2D eigenvalue weighted by molar-refractivity contribution is 7.71. The summed E-state index contributed by atoms with van der Waals surface area (Å²) < 4.78 is 6.23. The van der Waals surface area contributed by atoms with Crippen molar-refractivity contribution in [3.8, 4) is 0 Å². The Bertz CT molecular complexity index is 336. The second-order valence-corrected chi connectivity index (χ2v) is 3.63. The number of hydrogen-bond donors (Lipinski definition) is 1. The fourth-order valence-corrected chi connectivity index (χ4v) is 1.73. The predicted octanol–water partition coefficient (Wildman–Crippen LogP) is 2.80. The van der Waals surface area contributed by atoms with Crippen LogP contribution in [0, 0.1) is 4.64 Å². The first-order valence-corrected chi connectivity index (χ1v) is 5.20. The SMILES string of the molecule is CCC(CC)(OC)c1nccc(=S)[nH]1. The molecule has 0 aliphatic rings. The third kappa shape index (κ3) is 2.01. The van der Waals surface area contributed by atoms with Gasteiger partial charge in [-0.15, -0.1) is 0 Å². The first kappa shape index (κ1) is 11.3. The molecule has 0 radical (unpaired) electrons. The van der Waals surface area contributed by atoms with Crippen molar-refractivity contribution in [3.05, 3.63) is 22.7 Å². The second kappa shape index (κ2) is 4.66. The summed E-state index contributed by atoms with van der Waals surface area (Å²) >= 11 is 5.06. The summed E-state index contributed by atoms with van der Waals surface area (Å²) in [4.78, 5) is 7.36. The molecule has 1 heterocycles. The molecule has 14 heavy (non-hydrogen) atoms. The standard InChI is InChI=1S/C10H16N2OS/c1-4-10(5-2,13-3)9-11-7-6-8(14)12-9/h6-7H,4-5H2,1-3H3,(H,11,12,14). The molecule has 78 valence electrons. The summed E-state index contributed by atoms with van der Waals surface area (Å²) in [6, 6.07) is 1.77. The van der Waals surface area contributed by atoms with Gasteiger partial charge in [0.15, 0.2) is 0 Å². The van der Waals surface area contributed by atoms with E-state index in [4.69, 9.17) is 17.0 Å². The Morgan fingerprint density at radius 1 is 1.50 bits per heavy atom. The highest BCUT2D eigenvalue weighted by Crippen LogP contribution is 2.28. The molecule has 0 unspecified atom stereocenters. The van der Waals surface area contributed by atoms with Crippen LogP contribution >= 0.6 is 12.2 Å². The van der Waals surface area contributed by atoms with E-state index >= 15 is 0 Å². The number of rotatable bonds is 4. The lowest BCUT2D eigenvalue weighted by atomic mass is 9.96. The van der Waals surface area contributed by atoms with E-state index in [2.05, 4.69) is 23.8 Å². The largest absolute Gasteiger partial charge is 0.370 e. The van der Waals surface area contributed by atoms with Crippen molar-refractivity contribution in [2.45, 2.75) is 32.3 Å². The molecule has 0 spiro atoms. The van der Waals surface area contributed by atoms with Gasteiger partial charge in [-0.05, 0) is 18.9 Å². The molecule has 0 amide bonds. The van der Waals surface area contributed by atoms with Crippen molar-refractivity contribution in [3.63, 3.8) is 0 Å². The van der Waals surface area contributed by atoms with Crippen LogP contribution in [0.15, 0.2) is 12.3 Å². The van der Waals surface area contributed by atoms with E-state index in [-0.39, 0.29) is 5.60 Å². The van der Waals surface area contributed by atoms with E-state index < -0.39 is 0 Å². The minimum Gasteiger partial charge on any atom is -0.370 e. The molecule has 1 aromatic rings. The van der Waals surface area contributed by atoms with Gasteiger partial charge >= 0.3 is 0 Å². The summed E-state index contributed by atoms with van der Waals surface area (Å²) in [6.07, 6.45) is 3.47. The summed E-state index contributed by atoms with van der Waals surface area (Å²) in [5.74, 6) is 0.817. The van der Waals surface area contributed by atoms with Crippen LogP contribution in [-0.4, -0.2) is 17.1 Å². The highest BCUT2D eigenvalue weighted by atomic mass is 32.1. The molecule has 0 aliphatic heterocycles. The number of aromatic amines is 1. The van der Waals surface area contributed by atoms with E-state index in [1.807, 2.05) is 0 Å². The summed E-state index contributed by atoms with van der Waals surface area (Å²) in [7, 11) is 1.71. The van der Waals surface area contributed by atoms with Gasteiger partial charge in [0.25, 0.3) is 0 Å². The van der Waals surface area contributed by atoms with Gasteiger partial charge in [-0.1, -0.05) is 26.1 Å². The van der Waals surface area contributed by atoms with Crippen LogP contribution in [0.4, 0.5) is 0 Å². The van der Waals surface area contributed by atoms with Crippen molar-refractivity contribution < 1.29 is 4.74 Å². The zero-order chi connectivity index (χ0) is 10.6. The quantitative estimate of drug-likeness (QED) is 0.780. The van der Waals surface area contributed by atoms with Crippen molar-refractivity contribution >= 4 is 12.2 Å². The lowest BCUT2D eigenvalue weighted by Gasteiger charge is -2.28. The van der Waals surface area contributed by atoms with Gasteiger partial charge in [0.1, 0.15) is 16.1 Å². The van der Waals surface area contributed by atoms with E-state index in [0.717, 1.165) is 18.7 Å². The molecule has 0 aromatic carbocycles. The molecule has 1 N–H and O–H groups in total. The van der Waals surface area contributed by atoms with Gasteiger partial charge in [-0.3, -0.25) is 0 Å². The molecular formula is C10H16N2OS. The fraction of sp³-hybridized carbons (Fsp3) is 0.600. The maximum absolute atomic E-state index is 5.54. The zero-order valence-corrected chi connectivity index (χ0v) is 9.65. The first-order valence-electron chi connectivity index (χ1n) is 4.79. The molecule has 0 bridgehead atoms. The molecule has 0 saturated heterocycles. The molecule has 0 aliphatic carbocycles. The van der Waals surface area contributed by atoms with Gasteiger partial charge in [-0.2, -0.15) is 0 Å². The van der Waals surface area contributed by atoms with Crippen LogP contribution in [0.2, 0.25) is 0 Å². The van der Waals surface area contributed by atoms with Gasteiger partial charge < -0.3 is 9.72 Å². The van der Waals surface area contributed by atoms with Crippen molar-refractivity contribution in [1.82, 2.24) is 9.97 Å². The summed E-state index contributed by atoms with van der Waals surface area (Å²) in [5, 5.41) is 0. The molecule has 3 nitrogen and oxygen atoms in total. The van der Waals surface area contributed by atoms with Crippen LogP contribution in [0.5, 0.6) is 0 Å². The summed E-state index contributed by atoms with van der Waals surface area (Å²) in [5.41, 5.74) is -0.325. The van der Waals surface area contributed by atoms with E-state index in [1.54, 1.807) is 19.4 Å². The predicted molar refractivity (Wildman–Crippen MR) is 58.7 cm³/mol. The monoisotopic (exact) mass is 212 g/mol. The van der Waals surface area contributed by atoms with Gasteiger partial charge in [0.2, 0.25) is 0 Å².